The van der Waals surface area contributed by atoms with Crippen LogP contribution in [-0.2, 0) is 4.74 Å². The number of anilines is 1. The maximum atomic E-state index is 12.1. The molecule has 0 aromatic heterocycles. The Kier molecular flexibility index (Phi) is 3.25. The fraction of sp³-hybridized carbons (Fsp3) is 0.462. The number of benzene rings is 1. The van der Waals surface area contributed by atoms with E-state index in [4.69, 9.17) is 10.5 Å². The molecule has 0 radical (unpaired) electrons. The van der Waals surface area contributed by atoms with E-state index in [2.05, 4.69) is 0 Å². The summed E-state index contributed by atoms with van der Waals surface area (Å²) in [6.45, 7) is 2.61. The zero-order valence-corrected chi connectivity index (χ0v) is 9.53. The van der Waals surface area contributed by atoms with Crippen molar-refractivity contribution >= 4 is 11.5 Å². The fourth-order valence-corrected chi connectivity index (χ4v) is 1.96. The van der Waals surface area contributed by atoms with Crippen molar-refractivity contribution in [3.8, 4) is 0 Å². The van der Waals surface area contributed by atoms with Crippen LogP contribution >= 0.6 is 0 Å². The summed E-state index contributed by atoms with van der Waals surface area (Å²) < 4.78 is 5.48. The van der Waals surface area contributed by atoms with E-state index in [0.717, 1.165) is 30.5 Å². The Morgan fingerprint density at radius 3 is 2.88 bits per heavy atom. The molecule has 1 aromatic rings. The molecule has 0 aliphatic carbocycles. The number of hydrogen-bond donors (Lipinski definition) is 1. The van der Waals surface area contributed by atoms with Gasteiger partial charge in [-0.3, -0.25) is 4.79 Å². The number of aryl methyl sites for hydroxylation is 1. The van der Waals surface area contributed by atoms with Crippen molar-refractivity contribution in [3.05, 3.63) is 29.3 Å². The van der Waals surface area contributed by atoms with E-state index in [1.165, 1.54) is 0 Å². The molecule has 1 saturated heterocycles. The summed E-state index contributed by atoms with van der Waals surface area (Å²) in [7, 11) is 0. The minimum atomic E-state index is -0.253. The lowest BCUT2D eigenvalue weighted by atomic mass is 9.98. The number of hydrogen-bond acceptors (Lipinski definition) is 3. The van der Waals surface area contributed by atoms with Crippen LogP contribution in [0, 0.1) is 6.92 Å². The van der Waals surface area contributed by atoms with Crippen LogP contribution in [0.4, 0.5) is 5.69 Å². The van der Waals surface area contributed by atoms with Crippen LogP contribution in [0.15, 0.2) is 18.2 Å². The lowest BCUT2D eigenvalue weighted by Crippen LogP contribution is -2.28. The Morgan fingerprint density at radius 1 is 1.44 bits per heavy atom. The highest BCUT2D eigenvalue weighted by Gasteiger charge is 2.23. The summed E-state index contributed by atoms with van der Waals surface area (Å²) in [5.41, 5.74) is 8.10. The number of Topliss-reactive ketones (excluding diaryl/α,β-unsaturated/α-hetero) is 1. The third-order valence-electron chi connectivity index (χ3n) is 3.03. The molecule has 0 spiro atoms. The van der Waals surface area contributed by atoms with Gasteiger partial charge < -0.3 is 10.5 Å². The molecule has 3 heteroatoms. The van der Waals surface area contributed by atoms with Crippen LogP contribution in [0.25, 0.3) is 0 Å². The first-order valence-electron chi connectivity index (χ1n) is 5.70. The molecule has 2 N–H and O–H groups in total. The molecule has 0 amide bonds. The van der Waals surface area contributed by atoms with Crippen molar-refractivity contribution in [3.63, 3.8) is 0 Å². The van der Waals surface area contributed by atoms with Crippen molar-refractivity contribution in [2.45, 2.75) is 32.3 Å². The van der Waals surface area contributed by atoms with Crippen LogP contribution < -0.4 is 5.73 Å². The number of ketones is 1. The second kappa shape index (κ2) is 4.66. The molecule has 1 heterocycles. The van der Waals surface area contributed by atoms with E-state index in [-0.39, 0.29) is 11.9 Å². The fourth-order valence-electron chi connectivity index (χ4n) is 1.96. The number of carbonyl (C=O) groups is 1. The zero-order chi connectivity index (χ0) is 11.5. The molecule has 0 bridgehead atoms. The zero-order valence-electron chi connectivity index (χ0n) is 9.53. The molecule has 3 nitrogen and oxygen atoms in total. The van der Waals surface area contributed by atoms with Gasteiger partial charge in [-0.1, -0.05) is 0 Å². The standard InChI is InChI=1S/C13H17NO2/c1-9-8-10(5-6-11(9)14)13(15)12-4-2-3-7-16-12/h5-6,8,12H,2-4,7,14H2,1H3. The predicted molar refractivity (Wildman–Crippen MR) is 63.5 cm³/mol. The van der Waals surface area contributed by atoms with Gasteiger partial charge in [-0.25, -0.2) is 0 Å². The summed E-state index contributed by atoms with van der Waals surface area (Å²) in [6, 6.07) is 5.41. The molecule has 1 unspecified atom stereocenters. The SMILES string of the molecule is Cc1cc(C(=O)C2CCCCO2)ccc1N. The summed E-state index contributed by atoms with van der Waals surface area (Å²) in [5.74, 6) is 0.0859. The smallest absolute Gasteiger partial charge is 0.191 e. The Labute approximate surface area is 95.6 Å². The Bertz CT molecular complexity index is 395. The van der Waals surface area contributed by atoms with Gasteiger partial charge in [0.25, 0.3) is 0 Å². The number of nitrogen functional groups attached to an aromatic ring is 1. The number of nitrogens with two attached hydrogens (primary N) is 1. The van der Waals surface area contributed by atoms with Gasteiger partial charge in [0, 0.05) is 17.9 Å². The summed E-state index contributed by atoms with van der Waals surface area (Å²) in [5, 5.41) is 0. The quantitative estimate of drug-likeness (QED) is 0.613. The molecule has 2 rings (SSSR count). The van der Waals surface area contributed by atoms with Gasteiger partial charge in [-0.15, -0.1) is 0 Å². The van der Waals surface area contributed by atoms with Gasteiger partial charge in [0.2, 0.25) is 0 Å². The van der Waals surface area contributed by atoms with Crippen molar-refractivity contribution < 1.29 is 9.53 Å². The minimum absolute atomic E-state index is 0.0859. The van der Waals surface area contributed by atoms with Crippen molar-refractivity contribution in [1.82, 2.24) is 0 Å². The van der Waals surface area contributed by atoms with Gasteiger partial charge in [-0.2, -0.15) is 0 Å². The van der Waals surface area contributed by atoms with E-state index >= 15 is 0 Å². The Balaban J connectivity index is 2.16. The monoisotopic (exact) mass is 219 g/mol. The molecule has 16 heavy (non-hydrogen) atoms. The van der Waals surface area contributed by atoms with Crippen LogP contribution in [0.3, 0.4) is 0 Å². The minimum Gasteiger partial charge on any atom is -0.399 e. The molecular weight excluding hydrogens is 202 g/mol. The maximum Gasteiger partial charge on any atom is 0.191 e. The normalized spacial score (nSPS) is 20.7. The second-order valence-electron chi connectivity index (χ2n) is 4.29. The molecule has 1 aliphatic heterocycles. The van der Waals surface area contributed by atoms with Crippen molar-refractivity contribution in [1.29, 1.82) is 0 Å². The molecule has 86 valence electrons. The average molecular weight is 219 g/mol. The van der Waals surface area contributed by atoms with E-state index in [0.29, 0.717) is 12.2 Å². The highest BCUT2D eigenvalue weighted by molar-refractivity contribution is 6.00. The van der Waals surface area contributed by atoms with Crippen LogP contribution in [0.2, 0.25) is 0 Å². The molecule has 1 fully saturated rings. The summed E-state index contributed by atoms with van der Waals surface area (Å²) >= 11 is 0. The molecular formula is C13H17NO2. The van der Waals surface area contributed by atoms with Crippen molar-refractivity contribution in [2.24, 2.45) is 0 Å². The van der Waals surface area contributed by atoms with E-state index in [1.807, 2.05) is 13.0 Å². The first-order chi connectivity index (χ1) is 7.68. The molecule has 1 aliphatic rings. The molecule has 1 aromatic carbocycles. The summed E-state index contributed by atoms with van der Waals surface area (Å²) in [4.78, 5) is 12.1. The molecule has 0 saturated carbocycles. The van der Waals surface area contributed by atoms with Crippen LogP contribution in [0.1, 0.15) is 35.2 Å². The number of rotatable bonds is 2. The van der Waals surface area contributed by atoms with Gasteiger partial charge in [0.1, 0.15) is 6.10 Å². The lowest BCUT2D eigenvalue weighted by molar-refractivity contribution is 0.0186. The highest BCUT2D eigenvalue weighted by atomic mass is 16.5. The topological polar surface area (TPSA) is 52.3 Å². The highest BCUT2D eigenvalue weighted by Crippen LogP contribution is 2.19. The van der Waals surface area contributed by atoms with Gasteiger partial charge >= 0.3 is 0 Å². The summed E-state index contributed by atoms with van der Waals surface area (Å²) in [6.07, 6.45) is 2.72. The van der Waals surface area contributed by atoms with Gasteiger partial charge in [0.15, 0.2) is 5.78 Å². The number of ether oxygens (including phenoxy) is 1. The van der Waals surface area contributed by atoms with Crippen LogP contribution in [0.5, 0.6) is 0 Å². The van der Waals surface area contributed by atoms with E-state index < -0.39 is 0 Å². The van der Waals surface area contributed by atoms with Crippen LogP contribution in [-0.4, -0.2) is 18.5 Å². The Morgan fingerprint density at radius 2 is 2.25 bits per heavy atom. The van der Waals surface area contributed by atoms with E-state index in [9.17, 15) is 4.79 Å². The number of carbonyl (C=O) groups excluding carboxylic acids is 1. The van der Waals surface area contributed by atoms with Gasteiger partial charge in [0.05, 0.1) is 0 Å². The van der Waals surface area contributed by atoms with Gasteiger partial charge in [-0.05, 0) is 49.9 Å². The Hall–Kier alpha value is -1.35. The maximum absolute atomic E-state index is 12.1. The van der Waals surface area contributed by atoms with Crippen molar-refractivity contribution in [2.75, 3.05) is 12.3 Å². The largest absolute Gasteiger partial charge is 0.399 e. The molecule has 1 atom stereocenters. The second-order valence-corrected chi connectivity index (χ2v) is 4.29. The first-order valence-corrected chi connectivity index (χ1v) is 5.70. The average Bonchev–Trinajstić information content (AvgIpc) is 2.33. The lowest BCUT2D eigenvalue weighted by Gasteiger charge is -2.21. The van der Waals surface area contributed by atoms with E-state index in [1.54, 1.807) is 12.1 Å². The first kappa shape index (κ1) is 11.1. The third-order valence-corrected chi connectivity index (χ3v) is 3.03. The predicted octanol–water partition coefficient (Wildman–Crippen LogP) is 2.33. The third kappa shape index (κ3) is 2.25.